The lowest BCUT2D eigenvalue weighted by Crippen LogP contribution is -2.30. The number of nitrogens with zero attached hydrogens (tertiary/aromatic N) is 1. The molecule has 1 atom stereocenters. The molecule has 0 spiro atoms. The molecule has 3 rings (SSSR count). The summed E-state index contributed by atoms with van der Waals surface area (Å²) in [5.74, 6) is -0.0753. The van der Waals surface area contributed by atoms with E-state index in [2.05, 4.69) is 14.9 Å². The minimum Gasteiger partial charge on any atom is -0.325 e. The van der Waals surface area contributed by atoms with Gasteiger partial charge in [0.15, 0.2) is 0 Å². The summed E-state index contributed by atoms with van der Waals surface area (Å²) < 4.78 is 27.9. The summed E-state index contributed by atoms with van der Waals surface area (Å²) in [5, 5.41) is 2.99. The third-order valence-electron chi connectivity index (χ3n) is 4.98. The number of hydrogen-bond donors (Lipinski definition) is 2. The average molecular weight is 412 g/mol. The van der Waals surface area contributed by atoms with Gasteiger partial charge in [0.25, 0.3) is 0 Å². The second-order valence-electron chi connectivity index (χ2n) is 7.35. The number of benzene rings is 1. The zero-order valence-electron chi connectivity index (χ0n) is 15.9. The molecule has 6 nitrogen and oxygen atoms in total. The molecule has 0 aliphatic carbocycles. The molecule has 150 valence electrons. The van der Waals surface area contributed by atoms with E-state index in [0.29, 0.717) is 18.7 Å². The molecule has 0 saturated carbocycles. The van der Waals surface area contributed by atoms with Crippen molar-refractivity contribution in [3.63, 3.8) is 0 Å². The average Bonchev–Trinajstić information content (AvgIpc) is 2.95. The number of carbonyl (C=O) groups is 1. The summed E-state index contributed by atoms with van der Waals surface area (Å²) in [6, 6.07) is 4.97. The summed E-state index contributed by atoms with van der Waals surface area (Å²) in [4.78, 5) is 15.4. The van der Waals surface area contributed by atoms with Crippen LogP contribution in [0.25, 0.3) is 0 Å². The summed E-state index contributed by atoms with van der Waals surface area (Å²) >= 11 is 1.59. The minimum atomic E-state index is -3.58. The first-order chi connectivity index (χ1) is 12.9. The lowest BCUT2D eigenvalue weighted by Gasteiger charge is -2.19. The number of nitrogens with one attached hydrogen (secondary N) is 2. The van der Waals surface area contributed by atoms with E-state index in [1.807, 2.05) is 6.92 Å². The van der Waals surface area contributed by atoms with Gasteiger partial charge in [-0.15, -0.1) is 11.8 Å². The zero-order chi connectivity index (χ0) is 19.3. The van der Waals surface area contributed by atoms with Crippen LogP contribution in [0.3, 0.4) is 0 Å². The minimum absolute atomic E-state index is 0.0753. The highest BCUT2D eigenvalue weighted by Crippen LogP contribution is 2.36. The largest absolute Gasteiger partial charge is 0.325 e. The molecule has 0 bridgehead atoms. The predicted molar refractivity (Wildman–Crippen MR) is 110 cm³/mol. The standard InChI is InChI=1S/C19H29N3O3S2/c1-15-13-19(23)21-17-14-16(7-8-18(17)26-15)27(24,25)20-9-6-12-22-10-4-2-3-5-11-22/h7-8,14-15,20H,2-6,9-13H2,1H3,(H,21,23)/t15-/m0/s1. The molecule has 1 saturated heterocycles. The van der Waals surface area contributed by atoms with Crippen LogP contribution in [0.1, 0.15) is 45.4 Å². The Hall–Kier alpha value is -1.09. The topological polar surface area (TPSA) is 78.5 Å². The molecular formula is C19H29N3O3S2. The number of rotatable bonds is 6. The normalized spacial score (nSPS) is 21.8. The molecule has 2 aliphatic heterocycles. The number of hydrogen-bond acceptors (Lipinski definition) is 5. The van der Waals surface area contributed by atoms with Crippen LogP contribution in [0, 0.1) is 0 Å². The molecule has 1 aromatic rings. The Labute approximate surface area is 166 Å². The van der Waals surface area contributed by atoms with Gasteiger partial charge in [0, 0.05) is 23.1 Å². The smallest absolute Gasteiger partial charge is 0.240 e. The van der Waals surface area contributed by atoms with Crippen LogP contribution < -0.4 is 10.0 Å². The van der Waals surface area contributed by atoms with Crippen molar-refractivity contribution in [3.05, 3.63) is 18.2 Å². The molecule has 27 heavy (non-hydrogen) atoms. The van der Waals surface area contributed by atoms with Gasteiger partial charge in [-0.3, -0.25) is 4.79 Å². The van der Waals surface area contributed by atoms with Gasteiger partial charge in [-0.2, -0.15) is 0 Å². The van der Waals surface area contributed by atoms with Crippen molar-refractivity contribution in [1.82, 2.24) is 9.62 Å². The van der Waals surface area contributed by atoms with Crippen molar-refractivity contribution >= 4 is 33.4 Å². The number of likely N-dealkylation sites (tertiary alicyclic amines) is 1. The first-order valence-electron chi connectivity index (χ1n) is 9.76. The van der Waals surface area contributed by atoms with Crippen molar-refractivity contribution in [2.75, 3.05) is 31.5 Å². The van der Waals surface area contributed by atoms with Crippen LogP contribution in [0.2, 0.25) is 0 Å². The molecule has 1 fully saturated rings. The second kappa shape index (κ2) is 9.41. The predicted octanol–water partition coefficient (Wildman–Crippen LogP) is 3.05. The van der Waals surface area contributed by atoms with Gasteiger partial charge in [0.05, 0.1) is 10.6 Å². The lowest BCUT2D eigenvalue weighted by atomic mass is 10.2. The molecule has 0 unspecified atom stereocenters. The maximum absolute atomic E-state index is 12.6. The van der Waals surface area contributed by atoms with Gasteiger partial charge in [-0.05, 0) is 57.1 Å². The highest BCUT2D eigenvalue weighted by Gasteiger charge is 2.22. The second-order valence-corrected chi connectivity index (χ2v) is 10.6. The Morgan fingerprint density at radius 1 is 1.22 bits per heavy atom. The van der Waals surface area contributed by atoms with Crippen LogP contribution in [0.4, 0.5) is 5.69 Å². The first kappa shape index (κ1) is 20.6. The van der Waals surface area contributed by atoms with Gasteiger partial charge in [0.2, 0.25) is 15.9 Å². The fraction of sp³-hybridized carbons (Fsp3) is 0.632. The molecule has 2 aliphatic rings. The van der Waals surface area contributed by atoms with Crippen molar-refractivity contribution in [1.29, 1.82) is 0 Å². The summed E-state index contributed by atoms with van der Waals surface area (Å²) in [6.45, 7) is 5.59. The SMILES string of the molecule is C[C@H]1CC(=O)Nc2cc(S(=O)(=O)NCCCN3CCCCCC3)ccc2S1. The van der Waals surface area contributed by atoms with Gasteiger partial charge in [-0.25, -0.2) is 13.1 Å². The van der Waals surface area contributed by atoms with Crippen LogP contribution >= 0.6 is 11.8 Å². The molecule has 2 heterocycles. The van der Waals surface area contributed by atoms with E-state index in [9.17, 15) is 13.2 Å². The van der Waals surface area contributed by atoms with Crippen LogP contribution in [-0.4, -0.2) is 50.7 Å². The number of carbonyl (C=O) groups excluding carboxylic acids is 1. The monoisotopic (exact) mass is 411 g/mol. The Balaban J connectivity index is 1.57. The van der Waals surface area contributed by atoms with E-state index in [-0.39, 0.29) is 16.1 Å². The highest BCUT2D eigenvalue weighted by molar-refractivity contribution is 8.00. The van der Waals surface area contributed by atoms with E-state index in [1.165, 1.54) is 25.7 Å². The van der Waals surface area contributed by atoms with Gasteiger partial charge in [-0.1, -0.05) is 19.8 Å². The number of fused-ring (bicyclic) bond motifs is 1. The van der Waals surface area contributed by atoms with Crippen molar-refractivity contribution < 1.29 is 13.2 Å². The van der Waals surface area contributed by atoms with Gasteiger partial charge < -0.3 is 10.2 Å². The van der Waals surface area contributed by atoms with Crippen LogP contribution in [0.5, 0.6) is 0 Å². The maximum atomic E-state index is 12.6. The fourth-order valence-corrected chi connectivity index (χ4v) is 5.70. The first-order valence-corrected chi connectivity index (χ1v) is 12.1. The van der Waals surface area contributed by atoms with Crippen LogP contribution in [-0.2, 0) is 14.8 Å². The number of sulfonamides is 1. The molecular weight excluding hydrogens is 382 g/mol. The fourth-order valence-electron chi connectivity index (χ4n) is 3.55. The number of amides is 1. The van der Waals surface area contributed by atoms with E-state index in [1.54, 1.807) is 30.0 Å². The van der Waals surface area contributed by atoms with Crippen LogP contribution in [0.15, 0.2) is 28.0 Å². The Kier molecular flexibility index (Phi) is 7.19. The summed E-state index contributed by atoms with van der Waals surface area (Å²) in [5.41, 5.74) is 0.585. The third-order valence-corrected chi connectivity index (χ3v) is 7.62. The Bertz CT molecular complexity index is 759. The Morgan fingerprint density at radius 2 is 1.96 bits per heavy atom. The van der Waals surface area contributed by atoms with E-state index >= 15 is 0 Å². The molecule has 0 aromatic heterocycles. The van der Waals surface area contributed by atoms with E-state index < -0.39 is 10.0 Å². The zero-order valence-corrected chi connectivity index (χ0v) is 17.5. The summed E-state index contributed by atoms with van der Waals surface area (Å²) in [6.07, 6.45) is 6.31. The number of thioether (sulfide) groups is 1. The van der Waals surface area contributed by atoms with Crippen molar-refractivity contribution in [2.45, 2.75) is 60.5 Å². The highest BCUT2D eigenvalue weighted by atomic mass is 32.2. The Morgan fingerprint density at radius 3 is 2.70 bits per heavy atom. The molecule has 2 N–H and O–H groups in total. The number of anilines is 1. The summed E-state index contributed by atoms with van der Waals surface area (Å²) in [7, 11) is -3.58. The van der Waals surface area contributed by atoms with E-state index in [0.717, 1.165) is 31.0 Å². The van der Waals surface area contributed by atoms with Gasteiger partial charge >= 0.3 is 0 Å². The molecule has 8 heteroatoms. The molecule has 1 aromatic carbocycles. The van der Waals surface area contributed by atoms with E-state index in [4.69, 9.17) is 0 Å². The lowest BCUT2D eigenvalue weighted by molar-refractivity contribution is -0.116. The third kappa shape index (κ3) is 5.94. The molecule has 0 radical (unpaired) electrons. The van der Waals surface area contributed by atoms with Gasteiger partial charge in [0.1, 0.15) is 0 Å². The van der Waals surface area contributed by atoms with Crippen molar-refractivity contribution in [2.24, 2.45) is 0 Å². The quantitative estimate of drug-likeness (QED) is 0.704. The molecule has 1 amide bonds. The van der Waals surface area contributed by atoms with Crippen molar-refractivity contribution in [3.8, 4) is 0 Å². The maximum Gasteiger partial charge on any atom is 0.240 e.